The summed E-state index contributed by atoms with van der Waals surface area (Å²) in [7, 11) is 0. The average molecular weight is 181 g/mol. The Hall–Kier alpha value is -1.40. The van der Waals surface area contributed by atoms with Gasteiger partial charge in [0.15, 0.2) is 5.50 Å². The normalized spacial score (nSPS) is 11.7. The van der Waals surface area contributed by atoms with Crippen LogP contribution in [-0.4, -0.2) is 0 Å². The van der Waals surface area contributed by atoms with E-state index in [4.69, 9.17) is 16.9 Å². The molecule has 0 aliphatic heterocycles. The van der Waals surface area contributed by atoms with Crippen molar-refractivity contribution < 1.29 is 0 Å². The molecule has 4 heteroatoms. The lowest BCUT2D eigenvalue weighted by atomic mass is 10.1. The molecule has 0 amide bonds. The summed E-state index contributed by atoms with van der Waals surface area (Å²) in [5.74, 6) is 0. The molecule has 0 aliphatic rings. The summed E-state index contributed by atoms with van der Waals surface area (Å²) < 4.78 is 0. The molecule has 0 heterocycles. The second kappa shape index (κ2) is 3.84. The number of nitroso groups, excluding NO2 is 1. The van der Waals surface area contributed by atoms with E-state index in [9.17, 15) is 4.91 Å². The van der Waals surface area contributed by atoms with E-state index in [1.165, 1.54) is 0 Å². The lowest BCUT2D eigenvalue weighted by Gasteiger charge is -1.98. The van der Waals surface area contributed by atoms with Gasteiger partial charge < -0.3 is 0 Å². The van der Waals surface area contributed by atoms with Gasteiger partial charge >= 0.3 is 0 Å². The van der Waals surface area contributed by atoms with Gasteiger partial charge in [0.25, 0.3) is 0 Å². The maximum atomic E-state index is 10.0. The molecule has 0 aromatic heterocycles. The second-order valence-electron chi connectivity index (χ2n) is 2.18. The summed E-state index contributed by atoms with van der Waals surface area (Å²) in [6, 6.07) is 8.36. The van der Waals surface area contributed by atoms with E-state index in [-0.39, 0.29) is 0 Å². The number of alkyl halides is 1. The Labute approximate surface area is 74.6 Å². The Bertz CT molecular complexity index is 315. The van der Waals surface area contributed by atoms with Gasteiger partial charge in [0, 0.05) is 0 Å². The Morgan fingerprint density at radius 2 is 2.00 bits per heavy atom. The van der Waals surface area contributed by atoms with Gasteiger partial charge in [0.05, 0.1) is 11.6 Å². The van der Waals surface area contributed by atoms with Crippen molar-refractivity contribution in [3.63, 3.8) is 0 Å². The van der Waals surface area contributed by atoms with Crippen LogP contribution in [0.15, 0.2) is 29.4 Å². The number of rotatable bonds is 2. The van der Waals surface area contributed by atoms with Crippen LogP contribution in [0, 0.1) is 16.2 Å². The van der Waals surface area contributed by atoms with Crippen molar-refractivity contribution >= 4 is 11.6 Å². The monoisotopic (exact) mass is 180 g/mol. The standard InChI is InChI=1S/C8H5ClN2O/c9-8(11-12)7-3-1-6(5-10)2-4-7/h1-4,8H. The minimum Gasteiger partial charge on any atom is -0.192 e. The summed E-state index contributed by atoms with van der Waals surface area (Å²) in [5, 5.41) is 11.1. The highest BCUT2D eigenvalue weighted by atomic mass is 35.5. The molecule has 12 heavy (non-hydrogen) atoms. The highest BCUT2D eigenvalue weighted by Crippen LogP contribution is 2.21. The van der Waals surface area contributed by atoms with Crippen molar-refractivity contribution in [2.75, 3.05) is 0 Å². The van der Waals surface area contributed by atoms with Crippen LogP contribution in [-0.2, 0) is 0 Å². The van der Waals surface area contributed by atoms with Gasteiger partial charge in [0.2, 0.25) is 0 Å². The van der Waals surface area contributed by atoms with E-state index >= 15 is 0 Å². The fraction of sp³-hybridized carbons (Fsp3) is 0.125. The first-order valence-corrected chi connectivity index (χ1v) is 3.68. The molecule has 0 aliphatic carbocycles. The van der Waals surface area contributed by atoms with Gasteiger partial charge in [-0.2, -0.15) is 5.26 Å². The molecular formula is C8H5ClN2O. The Balaban J connectivity index is 2.93. The van der Waals surface area contributed by atoms with E-state index in [0.29, 0.717) is 11.1 Å². The molecule has 3 nitrogen and oxygen atoms in total. The van der Waals surface area contributed by atoms with E-state index in [0.717, 1.165) is 0 Å². The minimum absolute atomic E-state index is 0.536. The molecule has 0 bridgehead atoms. The van der Waals surface area contributed by atoms with Gasteiger partial charge in [-0.15, -0.1) is 4.91 Å². The van der Waals surface area contributed by atoms with Gasteiger partial charge in [0.1, 0.15) is 0 Å². The van der Waals surface area contributed by atoms with Gasteiger partial charge in [-0.25, -0.2) is 0 Å². The molecule has 0 N–H and O–H groups in total. The van der Waals surface area contributed by atoms with Crippen LogP contribution < -0.4 is 0 Å². The van der Waals surface area contributed by atoms with Crippen molar-refractivity contribution in [1.29, 1.82) is 5.26 Å². The fourth-order valence-corrected chi connectivity index (χ4v) is 0.923. The number of nitrogens with zero attached hydrogens (tertiary/aromatic N) is 2. The Morgan fingerprint density at radius 3 is 2.42 bits per heavy atom. The quantitative estimate of drug-likeness (QED) is 0.399. The molecule has 1 rings (SSSR count). The van der Waals surface area contributed by atoms with E-state index in [1.54, 1.807) is 24.3 Å². The molecular weight excluding hydrogens is 176 g/mol. The molecule has 1 aromatic carbocycles. The maximum absolute atomic E-state index is 10.0. The van der Waals surface area contributed by atoms with Crippen LogP contribution >= 0.6 is 11.6 Å². The zero-order valence-corrected chi connectivity index (χ0v) is 6.82. The molecule has 1 unspecified atom stereocenters. The Morgan fingerprint density at radius 1 is 1.42 bits per heavy atom. The van der Waals surface area contributed by atoms with Crippen LogP contribution in [0.2, 0.25) is 0 Å². The van der Waals surface area contributed by atoms with Crippen LogP contribution in [0.5, 0.6) is 0 Å². The average Bonchev–Trinajstić information content (AvgIpc) is 2.17. The molecule has 0 radical (unpaired) electrons. The summed E-state index contributed by atoms with van der Waals surface area (Å²) in [4.78, 5) is 10.0. The molecule has 60 valence electrons. The third-order valence-electron chi connectivity index (χ3n) is 1.41. The van der Waals surface area contributed by atoms with E-state index in [1.807, 2.05) is 6.07 Å². The summed E-state index contributed by atoms with van der Waals surface area (Å²) >= 11 is 5.52. The first-order chi connectivity index (χ1) is 5.77. The van der Waals surface area contributed by atoms with Crippen molar-refractivity contribution in [3.8, 4) is 6.07 Å². The SMILES string of the molecule is N#Cc1ccc(C(Cl)N=O)cc1. The number of nitriles is 1. The minimum atomic E-state index is -0.863. The van der Waals surface area contributed by atoms with Gasteiger partial charge in [-0.05, 0) is 22.9 Å². The van der Waals surface area contributed by atoms with Gasteiger partial charge in [-0.3, -0.25) is 0 Å². The third-order valence-corrected chi connectivity index (χ3v) is 1.74. The molecule has 1 atom stereocenters. The fourth-order valence-electron chi connectivity index (χ4n) is 0.777. The van der Waals surface area contributed by atoms with Crippen LogP contribution in [0.3, 0.4) is 0 Å². The number of hydrogen-bond acceptors (Lipinski definition) is 3. The largest absolute Gasteiger partial charge is 0.192 e. The molecule has 0 fully saturated rings. The lowest BCUT2D eigenvalue weighted by molar-refractivity contribution is 1.00. The van der Waals surface area contributed by atoms with Crippen LogP contribution in [0.1, 0.15) is 16.6 Å². The molecule has 0 saturated heterocycles. The van der Waals surface area contributed by atoms with Crippen molar-refractivity contribution in [3.05, 3.63) is 40.3 Å². The zero-order valence-electron chi connectivity index (χ0n) is 6.07. The Kier molecular flexibility index (Phi) is 2.78. The maximum Gasteiger partial charge on any atom is 0.190 e. The van der Waals surface area contributed by atoms with E-state index in [2.05, 4.69) is 5.18 Å². The second-order valence-corrected chi connectivity index (χ2v) is 2.59. The smallest absolute Gasteiger partial charge is 0.190 e. The van der Waals surface area contributed by atoms with Crippen LogP contribution in [0.4, 0.5) is 0 Å². The highest BCUT2D eigenvalue weighted by Gasteiger charge is 2.05. The van der Waals surface area contributed by atoms with Crippen molar-refractivity contribution in [2.45, 2.75) is 5.50 Å². The number of halogens is 1. The zero-order chi connectivity index (χ0) is 8.97. The highest BCUT2D eigenvalue weighted by molar-refractivity contribution is 6.20. The third kappa shape index (κ3) is 1.80. The molecule has 1 aromatic rings. The van der Waals surface area contributed by atoms with Gasteiger partial charge in [-0.1, -0.05) is 23.7 Å². The molecule has 0 spiro atoms. The predicted molar refractivity (Wildman–Crippen MR) is 45.5 cm³/mol. The van der Waals surface area contributed by atoms with Crippen molar-refractivity contribution in [2.24, 2.45) is 5.18 Å². The first kappa shape index (κ1) is 8.69. The summed E-state index contributed by atoms with van der Waals surface area (Å²) in [6.45, 7) is 0. The summed E-state index contributed by atoms with van der Waals surface area (Å²) in [6.07, 6.45) is 0. The summed E-state index contributed by atoms with van der Waals surface area (Å²) in [5.41, 5.74) is 0.275. The number of hydrogen-bond donors (Lipinski definition) is 0. The van der Waals surface area contributed by atoms with E-state index < -0.39 is 5.50 Å². The topological polar surface area (TPSA) is 53.2 Å². The lowest BCUT2D eigenvalue weighted by Crippen LogP contribution is -1.84. The van der Waals surface area contributed by atoms with Crippen molar-refractivity contribution in [1.82, 2.24) is 0 Å². The van der Waals surface area contributed by atoms with Crippen LogP contribution in [0.25, 0.3) is 0 Å². The first-order valence-electron chi connectivity index (χ1n) is 3.24. The molecule has 0 saturated carbocycles. The number of benzene rings is 1. The predicted octanol–water partition coefficient (Wildman–Crippen LogP) is 2.56.